The van der Waals surface area contributed by atoms with Crippen molar-refractivity contribution in [1.29, 1.82) is 0 Å². The van der Waals surface area contributed by atoms with Gasteiger partial charge in [-0.25, -0.2) is 0 Å². The molecule has 1 aliphatic rings. The minimum atomic E-state index is 0. The highest BCUT2D eigenvalue weighted by atomic mass is 35.5. The summed E-state index contributed by atoms with van der Waals surface area (Å²) in [5, 5.41) is 2.53. The van der Waals surface area contributed by atoms with Crippen LogP contribution in [0.15, 0.2) is 36.4 Å². The van der Waals surface area contributed by atoms with E-state index in [-0.39, 0.29) is 18.4 Å². The largest absolute Gasteiger partial charge is 0.375 e. The van der Waals surface area contributed by atoms with Gasteiger partial charge in [0.05, 0.1) is 19.3 Å². The first-order chi connectivity index (χ1) is 7.36. The molecule has 0 spiro atoms. The molecule has 3 rings (SSSR count). The number of hydrogen-bond donors (Lipinski definition) is 1. The van der Waals surface area contributed by atoms with Gasteiger partial charge in [-0.1, -0.05) is 36.4 Å². The van der Waals surface area contributed by atoms with Gasteiger partial charge in [-0.05, 0) is 21.9 Å². The van der Waals surface area contributed by atoms with Crippen molar-refractivity contribution in [3.8, 4) is 0 Å². The Morgan fingerprint density at radius 3 is 2.81 bits per heavy atom. The predicted molar refractivity (Wildman–Crippen MR) is 67.8 cm³/mol. The molecule has 2 nitrogen and oxygen atoms in total. The van der Waals surface area contributed by atoms with Crippen LogP contribution >= 0.6 is 12.4 Å². The Kier molecular flexibility index (Phi) is 3.15. The zero-order chi connectivity index (χ0) is 10.3. The van der Waals surface area contributed by atoms with Crippen LogP contribution in [0, 0.1) is 0 Å². The zero-order valence-electron chi connectivity index (χ0n) is 8.85. The van der Waals surface area contributed by atoms with Crippen LogP contribution in [0.4, 0.5) is 0 Å². The second kappa shape index (κ2) is 4.42. The van der Waals surface area contributed by atoms with Crippen LogP contribution in [0.3, 0.4) is 0 Å². The molecule has 0 radical (unpaired) electrons. The van der Waals surface area contributed by atoms with E-state index in [9.17, 15) is 0 Å². The summed E-state index contributed by atoms with van der Waals surface area (Å²) >= 11 is 0. The molecular formula is C13H14ClNO. The summed E-state index contributed by atoms with van der Waals surface area (Å²) < 4.78 is 5.43. The number of benzene rings is 2. The van der Waals surface area contributed by atoms with Crippen molar-refractivity contribution in [2.45, 2.75) is 12.6 Å². The molecule has 1 heterocycles. The molecule has 1 aliphatic heterocycles. The monoisotopic (exact) mass is 235 g/mol. The summed E-state index contributed by atoms with van der Waals surface area (Å²) in [6.07, 6.45) is 0. The fourth-order valence-electron chi connectivity index (χ4n) is 2.28. The number of rotatable bonds is 0. The Morgan fingerprint density at radius 1 is 1.12 bits per heavy atom. The summed E-state index contributed by atoms with van der Waals surface area (Å²) in [6, 6.07) is 12.6. The molecule has 2 aromatic carbocycles. The van der Waals surface area contributed by atoms with Crippen molar-refractivity contribution >= 4 is 23.2 Å². The minimum absolute atomic E-state index is 0. The van der Waals surface area contributed by atoms with Crippen molar-refractivity contribution in [1.82, 2.24) is 0 Å². The van der Waals surface area contributed by atoms with E-state index in [0.29, 0.717) is 13.2 Å². The van der Waals surface area contributed by atoms with Crippen LogP contribution in [-0.4, -0.2) is 6.61 Å². The van der Waals surface area contributed by atoms with Crippen LogP contribution in [0.5, 0.6) is 0 Å². The maximum Gasteiger partial charge on any atom is 0.0721 e. The quantitative estimate of drug-likeness (QED) is 0.762. The lowest BCUT2D eigenvalue weighted by molar-refractivity contribution is 0.0930. The molecule has 2 aromatic rings. The molecule has 0 bridgehead atoms. The maximum absolute atomic E-state index is 6.09. The average Bonchev–Trinajstić information content (AvgIpc) is 2.29. The number of ether oxygens (including phenoxy) is 1. The van der Waals surface area contributed by atoms with Crippen molar-refractivity contribution in [3.05, 3.63) is 47.5 Å². The van der Waals surface area contributed by atoms with Gasteiger partial charge in [-0.3, -0.25) is 0 Å². The maximum atomic E-state index is 6.09. The lowest BCUT2D eigenvalue weighted by Crippen LogP contribution is -2.23. The van der Waals surface area contributed by atoms with E-state index in [4.69, 9.17) is 10.5 Å². The van der Waals surface area contributed by atoms with Gasteiger partial charge in [0.1, 0.15) is 0 Å². The van der Waals surface area contributed by atoms with Gasteiger partial charge in [0, 0.05) is 0 Å². The van der Waals surface area contributed by atoms with E-state index >= 15 is 0 Å². The van der Waals surface area contributed by atoms with Crippen LogP contribution in [0.2, 0.25) is 0 Å². The van der Waals surface area contributed by atoms with E-state index < -0.39 is 0 Å². The van der Waals surface area contributed by atoms with Crippen molar-refractivity contribution < 1.29 is 4.74 Å². The topological polar surface area (TPSA) is 35.2 Å². The molecule has 16 heavy (non-hydrogen) atoms. The van der Waals surface area contributed by atoms with Gasteiger partial charge in [-0.15, -0.1) is 12.4 Å². The number of fused-ring (bicyclic) bond motifs is 3. The van der Waals surface area contributed by atoms with E-state index in [2.05, 4.69) is 36.4 Å². The summed E-state index contributed by atoms with van der Waals surface area (Å²) in [6.45, 7) is 1.31. The van der Waals surface area contributed by atoms with Crippen molar-refractivity contribution in [2.24, 2.45) is 5.73 Å². The first-order valence-electron chi connectivity index (χ1n) is 5.20. The van der Waals surface area contributed by atoms with Gasteiger partial charge in [0.2, 0.25) is 0 Å². The van der Waals surface area contributed by atoms with Crippen molar-refractivity contribution in [2.75, 3.05) is 6.61 Å². The second-order valence-corrected chi connectivity index (χ2v) is 3.98. The molecule has 0 fully saturated rings. The first-order valence-corrected chi connectivity index (χ1v) is 5.20. The Morgan fingerprint density at radius 2 is 1.94 bits per heavy atom. The Labute approximate surface area is 101 Å². The molecule has 0 amide bonds. The van der Waals surface area contributed by atoms with Gasteiger partial charge in [0.15, 0.2) is 0 Å². The van der Waals surface area contributed by atoms with Crippen LogP contribution in [0.25, 0.3) is 10.8 Å². The summed E-state index contributed by atoms with van der Waals surface area (Å²) in [5.41, 5.74) is 8.58. The number of nitrogens with two attached hydrogens (primary N) is 1. The minimum Gasteiger partial charge on any atom is -0.375 e. The normalized spacial score (nSPS) is 18.9. The van der Waals surface area contributed by atoms with E-state index in [1.165, 1.54) is 21.9 Å². The highest BCUT2D eigenvalue weighted by Gasteiger charge is 2.19. The fraction of sp³-hybridized carbons (Fsp3) is 0.231. The van der Waals surface area contributed by atoms with Gasteiger partial charge < -0.3 is 10.5 Å². The molecule has 84 valence electrons. The molecule has 0 aliphatic carbocycles. The Hall–Kier alpha value is -1.09. The van der Waals surface area contributed by atoms with Gasteiger partial charge in [-0.2, -0.15) is 0 Å². The van der Waals surface area contributed by atoms with E-state index in [0.717, 1.165) is 0 Å². The molecule has 2 N–H and O–H groups in total. The summed E-state index contributed by atoms with van der Waals surface area (Å²) in [7, 11) is 0. The van der Waals surface area contributed by atoms with Crippen LogP contribution in [-0.2, 0) is 11.3 Å². The zero-order valence-corrected chi connectivity index (χ0v) is 9.67. The average molecular weight is 236 g/mol. The molecule has 0 saturated heterocycles. The van der Waals surface area contributed by atoms with Crippen LogP contribution < -0.4 is 5.73 Å². The summed E-state index contributed by atoms with van der Waals surface area (Å²) in [4.78, 5) is 0. The fourth-order valence-corrected chi connectivity index (χ4v) is 2.28. The molecule has 1 atom stereocenters. The smallest absolute Gasteiger partial charge is 0.0721 e. The van der Waals surface area contributed by atoms with Gasteiger partial charge >= 0.3 is 0 Å². The molecule has 1 unspecified atom stereocenters. The number of halogens is 1. The second-order valence-electron chi connectivity index (χ2n) is 3.98. The van der Waals surface area contributed by atoms with Gasteiger partial charge in [0.25, 0.3) is 0 Å². The standard InChI is InChI=1S/C13H13NO.ClH/c14-12-8-15-7-10-6-5-9-3-1-2-4-11(9)13(10)12;/h1-6,12H,7-8,14H2;1H. The van der Waals surface area contributed by atoms with E-state index in [1.807, 2.05) is 0 Å². The summed E-state index contributed by atoms with van der Waals surface area (Å²) in [5.74, 6) is 0. The lowest BCUT2D eigenvalue weighted by Gasteiger charge is -2.24. The third-order valence-corrected chi connectivity index (χ3v) is 2.99. The third-order valence-electron chi connectivity index (χ3n) is 2.99. The lowest BCUT2D eigenvalue weighted by atomic mass is 9.93. The highest BCUT2D eigenvalue weighted by Crippen LogP contribution is 2.30. The number of hydrogen-bond acceptors (Lipinski definition) is 2. The SMILES string of the molecule is Cl.NC1COCc2ccc3ccccc3c21. The molecule has 0 saturated carbocycles. The van der Waals surface area contributed by atoms with Crippen LogP contribution in [0.1, 0.15) is 17.2 Å². The Balaban J connectivity index is 0.000000963. The molecular weight excluding hydrogens is 222 g/mol. The first kappa shape index (κ1) is 11.4. The Bertz CT molecular complexity index is 512. The highest BCUT2D eigenvalue weighted by molar-refractivity contribution is 5.87. The molecule has 0 aromatic heterocycles. The predicted octanol–water partition coefficient (Wildman–Crippen LogP) is 2.79. The van der Waals surface area contributed by atoms with Crippen molar-refractivity contribution in [3.63, 3.8) is 0 Å². The van der Waals surface area contributed by atoms with E-state index in [1.54, 1.807) is 0 Å². The molecule has 3 heteroatoms. The third kappa shape index (κ3) is 1.69.